The number of aliphatic hydroxyl groups is 1. The molecule has 5 rings (SSSR count). The maximum atomic E-state index is 12.5. The third kappa shape index (κ3) is 7.05. The zero-order chi connectivity index (χ0) is 27.4. The third-order valence-electron chi connectivity index (χ3n) is 8.53. The zero-order valence-electron chi connectivity index (χ0n) is 22.0. The number of benzene rings is 2. The topological polar surface area (TPSA) is 64.0 Å². The number of rotatable bonds is 10. The Morgan fingerprint density at radius 3 is 2.51 bits per heavy atom. The summed E-state index contributed by atoms with van der Waals surface area (Å²) < 4.78 is 0. The van der Waals surface area contributed by atoms with E-state index in [0.717, 1.165) is 51.7 Å². The van der Waals surface area contributed by atoms with Crippen molar-refractivity contribution in [3.05, 3.63) is 92.1 Å². The monoisotopic (exact) mass is 586 g/mol. The average Bonchev–Trinajstić information content (AvgIpc) is 3.58. The van der Waals surface area contributed by atoms with Gasteiger partial charge >= 0.3 is 5.97 Å². The standard InChI is InChI=1S/C31H36Cl2N2O3S/c32-25-8-9-26(28(33)17-25)29(30(36)37)35-19-24(27(20-35)23-10-16-39-21-23)18-34-14-12-31(38,13-15-34)11-4-7-22-5-2-1-3-6-22/h1-3,5-6,8-10,16-17,21,24,27,29,38H,4,7,11-15,18-20H2,(H,36,37)/t24-,27+,29?/m1/s1. The molecule has 0 bridgehead atoms. The summed E-state index contributed by atoms with van der Waals surface area (Å²) in [6.45, 7) is 3.95. The highest BCUT2D eigenvalue weighted by Crippen LogP contribution is 2.41. The number of aliphatic carboxylic acids is 1. The first-order valence-corrected chi connectivity index (χ1v) is 15.4. The van der Waals surface area contributed by atoms with Gasteiger partial charge in [-0.15, -0.1) is 0 Å². The van der Waals surface area contributed by atoms with Gasteiger partial charge in [0.05, 0.1) is 5.60 Å². The Hall–Kier alpha value is -1.93. The summed E-state index contributed by atoms with van der Waals surface area (Å²) >= 11 is 14.2. The highest BCUT2D eigenvalue weighted by atomic mass is 35.5. The lowest BCUT2D eigenvalue weighted by molar-refractivity contribution is -0.143. The quantitative estimate of drug-likeness (QED) is 0.275. The summed E-state index contributed by atoms with van der Waals surface area (Å²) in [5.41, 5.74) is 2.58. The minimum absolute atomic E-state index is 0.246. The van der Waals surface area contributed by atoms with Gasteiger partial charge in [0.25, 0.3) is 0 Å². The molecule has 1 unspecified atom stereocenters. The molecule has 2 aromatic carbocycles. The number of thiophene rings is 1. The molecule has 0 amide bonds. The van der Waals surface area contributed by atoms with E-state index in [0.29, 0.717) is 28.7 Å². The van der Waals surface area contributed by atoms with Crippen molar-refractivity contribution in [2.45, 2.75) is 49.7 Å². The summed E-state index contributed by atoms with van der Waals surface area (Å²) in [7, 11) is 0. The van der Waals surface area contributed by atoms with Gasteiger partial charge in [0.2, 0.25) is 0 Å². The highest BCUT2D eigenvalue weighted by molar-refractivity contribution is 7.08. The van der Waals surface area contributed by atoms with Crippen LogP contribution < -0.4 is 0 Å². The van der Waals surface area contributed by atoms with E-state index in [1.165, 1.54) is 11.1 Å². The van der Waals surface area contributed by atoms with Crippen LogP contribution in [0.2, 0.25) is 10.0 Å². The van der Waals surface area contributed by atoms with Crippen LogP contribution in [0.1, 0.15) is 54.3 Å². The largest absolute Gasteiger partial charge is 0.480 e. The molecule has 8 heteroatoms. The van der Waals surface area contributed by atoms with Crippen LogP contribution in [0.5, 0.6) is 0 Å². The van der Waals surface area contributed by atoms with Crippen molar-refractivity contribution in [3.8, 4) is 0 Å². The number of aryl methyl sites for hydroxylation is 1. The molecule has 208 valence electrons. The number of piperidine rings is 1. The van der Waals surface area contributed by atoms with Gasteiger partial charge in [-0.25, -0.2) is 0 Å². The summed E-state index contributed by atoms with van der Waals surface area (Å²) in [6, 6.07) is 16.9. The molecule has 3 aromatic rings. The number of halogens is 2. The van der Waals surface area contributed by atoms with Crippen molar-refractivity contribution in [1.29, 1.82) is 0 Å². The van der Waals surface area contributed by atoms with Gasteiger partial charge in [-0.3, -0.25) is 9.69 Å². The Morgan fingerprint density at radius 1 is 1.08 bits per heavy atom. The molecule has 2 aliphatic rings. The third-order valence-corrected chi connectivity index (χ3v) is 9.79. The van der Waals surface area contributed by atoms with Crippen LogP contribution >= 0.6 is 34.5 Å². The number of hydrogen-bond donors (Lipinski definition) is 2. The van der Waals surface area contributed by atoms with Crippen LogP contribution in [-0.4, -0.2) is 64.3 Å². The van der Waals surface area contributed by atoms with Crippen LogP contribution in [-0.2, 0) is 11.2 Å². The minimum atomic E-state index is -0.900. The van der Waals surface area contributed by atoms with Crippen molar-refractivity contribution in [2.75, 3.05) is 32.7 Å². The van der Waals surface area contributed by atoms with Crippen molar-refractivity contribution in [1.82, 2.24) is 9.80 Å². The molecule has 0 spiro atoms. The molecule has 1 aromatic heterocycles. The van der Waals surface area contributed by atoms with E-state index in [9.17, 15) is 15.0 Å². The fourth-order valence-corrected chi connectivity index (χ4v) is 7.61. The molecule has 3 atom stereocenters. The fourth-order valence-electron chi connectivity index (χ4n) is 6.37. The predicted octanol–water partition coefficient (Wildman–Crippen LogP) is 6.75. The van der Waals surface area contributed by atoms with Crippen molar-refractivity contribution >= 4 is 40.5 Å². The lowest BCUT2D eigenvalue weighted by Crippen LogP contribution is -2.46. The Balaban J connectivity index is 1.23. The predicted molar refractivity (Wildman–Crippen MR) is 159 cm³/mol. The van der Waals surface area contributed by atoms with Crippen LogP contribution in [0, 0.1) is 5.92 Å². The van der Waals surface area contributed by atoms with Gasteiger partial charge in [-0.2, -0.15) is 11.3 Å². The normalized spacial score (nSPS) is 22.6. The van der Waals surface area contributed by atoms with E-state index >= 15 is 0 Å². The second-order valence-corrected chi connectivity index (χ2v) is 12.8. The molecule has 2 N–H and O–H groups in total. The van der Waals surface area contributed by atoms with Crippen LogP contribution in [0.25, 0.3) is 0 Å². The Labute approximate surface area is 245 Å². The summed E-state index contributed by atoms with van der Waals surface area (Å²) in [5.74, 6) is -0.366. The number of carboxylic acids is 1. The molecule has 5 nitrogen and oxygen atoms in total. The zero-order valence-corrected chi connectivity index (χ0v) is 24.3. The van der Waals surface area contributed by atoms with Crippen molar-refractivity contribution < 1.29 is 15.0 Å². The molecule has 39 heavy (non-hydrogen) atoms. The minimum Gasteiger partial charge on any atom is -0.480 e. The van der Waals surface area contributed by atoms with E-state index in [-0.39, 0.29) is 11.8 Å². The first-order valence-electron chi connectivity index (χ1n) is 13.7. The molecule has 2 aliphatic heterocycles. The first kappa shape index (κ1) is 28.6. The van der Waals surface area contributed by atoms with Gasteiger partial charge < -0.3 is 15.1 Å². The highest BCUT2D eigenvalue weighted by Gasteiger charge is 2.42. The Morgan fingerprint density at radius 2 is 1.85 bits per heavy atom. The maximum absolute atomic E-state index is 12.5. The van der Waals surface area contributed by atoms with E-state index in [1.807, 2.05) is 6.07 Å². The molecular formula is C31H36Cl2N2O3S. The van der Waals surface area contributed by atoms with Crippen LogP contribution in [0.15, 0.2) is 65.4 Å². The number of carboxylic acid groups (broad SMARTS) is 1. The average molecular weight is 588 g/mol. The number of carbonyl (C=O) groups is 1. The molecule has 2 saturated heterocycles. The molecule has 0 radical (unpaired) electrons. The van der Waals surface area contributed by atoms with E-state index in [4.69, 9.17) is 23.2 Å². The first-order chi connectivity index (χ1) is 18.8. The Bertz CT molecular complexity index is 1230. The number of nitrogens with zero attached hydrogens (tertiary/aromatic N) is 2. The molecular weight excluding hydrogens is 551 g/mol. The molecule has 0 aliphatic carbocycles. The van der Waals surface area contributed by atoms with Gasteiger partial charge in [-0.05, 0) is 83.7 Å². The van der Waals surface area contributed by atoms with Crippen LogP contribution in [0.3, 0.4) is 0 Å². The van der Waals surface area contributed by atoms with Crippen molar-refractivity contribution in [3.63, 3.8) is 0 Å². The van der Waals surface area contributed by atoms with E-state index < -0.39 is 17.6 Å². The van der Waals surface area contributed by atoms with Crippen LogP contribution in [0.4, 0.5) is 0 Å². The maximum Gasteiger partial charge on any atom is 0.325 e. The number of hydrogen-bond acceptors (Lipinski definition) is 5. The van der Waals surface area contributed by atoms with Gasteiger partial charge in [0.1, 0.15) is 6.04 Å². The van der Waals surface area contributed by atoms with Gasteiger partial charge in [0.15, 0.2) is 0 Å². The van der Waals surface area contributed by atoms with Crippen molar-refractivity contribution in [2.24, 2.45) is 5.92 Å². The molecule has 0 saturated carbocycles. The number of likely N-dealkylation sites (tertiary alicyclic amines) is 2. The second kappa shape index (κ2) is 12.7. The summed E-state index contributed by atoms with van der Waals surface area (Å²) in [4.78, 5) is 17.0. The Kier molecular flexibility index (Phi) is 9.32. The van der Waals surface area contributed by atoms with Gasteiger partial charge in [0, 0.05) is 48.7 Å². The SMILES string of the molecule is O=C(O)C(c1ccc(Cl)cc1Cl)N1C[C@@H](CN2CCC(O)(CCCc3ccccc3)CC2)[C@H](c2ccsc2)C1. The molecule has 2 fully saturated rings. The smallest absolute Gasteiger partial charge is 0.325 e. The second-order valence-electron chi connectivity index (χ2n) is 11.1. The lowest BCUT2D eigenvalue weighted by Gasteiger charge is -2.40. The van der Waals surface area contributed by atoms with Gasteiger partial charge in [-0.1, -0.05) is 59.6 Å². The summed E-state index contributed by atoms with van der Waals surface area (Å²) in [6.07, 6.45) is 4.36. The lowest BCUT2D eigenvalue weighted by atomic mass is 9.84. The van der Waals surface area contributed by atoms with E-state index in [2.05, 4.69) is 50.9 Å². The molecule has 3 heterocycles. The fraction of sp³-hybridized carbons (Fsp3) is 0.452. The van der Waals surface area contributed by atoms with E-state index in [1.54, 1.807) is 29.5 Å². The summed E-state index contributed by atoms with van der Waals surface area (Å²) in [5, 5.41) is 26.7.